The summed E-state index contributed by atoms with van der Waals surface area (Å²) >= 11 is 0. The van der Waals surface area contributed by atoms with Crippen molar-refractivity contribution in [2.45, 2.75) is 26.7 Å². The normalized spacial score (nSPS) is 18.3. The standard InChI is InChI=1S/C17H26N2O4S/c1-13-7-8-16(23-3)15(10-13)19(24(4,21)22)12-17(20)18-9-5-6-14(2)11-18/h7-8,10,14H,5-6,9,11-12H2,1-4H3/t14-/m0/s1. The van der Waals surface area contributed by atoms with E-state index in [1.807, 2.05) is 13.0 Å². The zero-order valence-corrected chi connectivity index (χ0v) is 15.6. The fourth-order valence-electron chi connectivity index (χ4n) is 3.01. The van der Waals surface area contributed by atoms with Crippen LogP contribution >= 0.6 is 0 Å². The molecule has 0 N–H and O–H groups in total. The Bertz CT molecular complexity index is 703. The third kappa shape index (κ3) is 4.41. The summed E-state index contributed by atoms with van der Waals surface area (Å²) in [5.74, 6) is 0.712. The molecule has 1 heterocycles. The summed E-state index contributed by atoms with van der Waals surface area (Å²) in [5.41, 5.74) is 1.30. The molecule has 0 unspecified atom stereocenters. The molecule has 0 aliphatic carbocycles. The van der Waals surface area contributed by atoms with Crippen LogP contribution in [-0.2, 0) is 14.8 Å². The Labute approximate surface area is 144 Å². The third-order valence-electron chi connectivity index (χ3n) is 4.29. The highest BCUT2D eigenvalue weighted by atomic mass is 32.2. The lowest BCUT2D eigenvalue weighted by Crippen LogP contribution is -2.46. The molecule has 0 bridgehead atoms. The molecule has 1 aliphatic rings. The van der Waals surface area contributed by atoms with Gasteiger partial charge in [-0.3, -0.25) is 9.10 Å². The molecule has 1 saturated heterocycles. The Hall–Kier alpha value is -1.76. The van der Waals surface area contributed by atoms with Gasteiger partial charge in [-0.1, -0.05) is 13.0 Å². The van der Waals surface area contributed by atoms with Gasteiger partial charge < -0.3 is 9.64 Å². The van der Waals surface area contributed by atoms with E-state index in [1.165, 1.54) is 7.11 Å². The molecule has 1 aromatic carbocycles. The van der Waals surface area contributed by atoms with Crippen LogP contribution in [0.25, 0.3) is 0 Å². The van der Waals surface area contributed by atoms with Crippen molar-refractivity contribution < 1.29 is 17.9 Å². The lowest BCUT2D eigenvalue weighted by molar-refractivity contribution is -0.131. The number of anilines is 1. The van der Waals surface area contributed by atoms with E-state index in [9.17, 15) is 13.2 Å². The van der Waals surface area contributed by atoms with Gasteiger partial charge >= 0.3 is 0 Å². The van der Waals surface area contributed by atoms with Crippen molar-refractivity contribution in [2.75, 3.05) is 37.3 Å². The second kappa shape index (κ2) is 7.42. The molecule has 6 nitrogen and oxygen atoms in total. The highest BCUT2D eigenvalue weighted by Crippen LogP contribution is 2.31. The van der Waals surface area contributed by atoms with Crippen molar-refractivity contribution in [3.8, 4) is 5.75 Å². The Kier molecular flexibility index (Phi) is 5.74. The van der Waals surface area contributed by atoms with Gasteiger partial charge in [0.2, 0.25) is 15.9 Å². The predicted molar refractivity (Wildman–Crippen MR) is 94.9 cm³/mol. The predicted octanol–water partition coefficient (Wildman–Crippen LogP) is 2.03. The molecule has 1 aromatic rings. The van der Waals surface area contributed by atoms with Crippen LogP contribution in [0, 0.1) is 12.8 Å². The van der Waals surface area contributed by atoms with Gasteiger partial charge in [0.15, 0.2) is 0 Å². The smallest absolute Gasteiger partial charge is 0.243 e. The minimum absolute atomic E-state index is 0.171. The lowest BCUT2D eigenvalue weighted by atomic mass is 10.0. The van der Waals surface area contributed by atoms with Gasteiger partial charge in [0, 0.05) is 13.1 Å². The molecule has 0 spiro atoms. The van der Waals surface area contributed by atoms with Crippen molar-refractivity contribution in [2.24, 2.45) is 5.92 Å². The van der Waals surface area contributed by atoms with E-state index in [2.05, 4.69) is 6.92 Å². The van der Waals surface area contributed by atoms with E-state index in [4.69, 9.17) is 4.74 Å². The van der Waals surface area contributed by atoms with Crippen LogP contribution in [0.2, 0.25) is 0 Å². The quantitative estimate of drug-likeness (QED) is 0.811. The summed E-state index contributed by atoms with van der Waals surface area (Å²) in [7, 11) is -2.12. The summed E-state index contributed by atoms with van der Waals surface area (Å²) in [6.45, 7) is 5.15. The number of aryl methyl sites for hydroxylation is 1. The molecule has 7 heteroatoms. The second-order valence-corrected chi connectivity index (χ2v) is 8.44. The molecule has 1 fully saturated rings. The first-order chi connectivity index (χ1) is 11.2. The summed E-state index contributed by atoms with van der Waals surface area (Å²) in [6.07, 6.45) is 3.17. The summed E-state index contributed by atoms with van der Waals surface area (Å²) in [5, 5.41) is 0. The molecular weight excluding hydrogens is 328 g/mol. The maximum absolute atomic E-state index is 12.6. The average Bonchev–Trinajstić information content (AvgIpc) is 2.51. The molecule has 1 amide bonds. The van der Waals surface area contributed by atoms with Gasteiger partial charge in [-0.05, 0) is 43.4 Å². The number of likely N-dealkylation sites (tertiary alicyclic amines) is 1. The Morgan fingerprint density at radius 2 is 2.12 bits per heavy atom. The molecule has 0 aromatic heterocycles. The highest BCUT2D eigenvalue weighted by molar-refractivity contribution is 7.92. The van der Waals surface area contributed by atoms with Crippen molar-refractivity contribution in [1.82, 2.24) is 4.90 Å². The fourth-order valence-corrected chi connectivity index (χ4v) is 3.86. The van der Waals surface area contributed by atoms with Gasteiger partial charge in [0.1, 0.15) is 12.3 Å². The van der Waals surface area contributed by atoms with E-state index in [-0.39, 0.29) is 12.5 Å². The molecule has 0 radical (unpaired) electrons. The van der Waals surface area contributed by atoms with Crippen LogP contribution in [0.15, 0.2) is 18.2 Å². The van der Waals surface area contributed by atoms with E-state index < -0.39 is 10.0 Å². The fraction of sp³-hybridized carbons (Fsp3) is 0.588. The molecule has 134 valence electrons. The first kappa shape index (κ1) is 18.6. The maximum atomic E-state index is 12.6. The molecule has 2 rings (SSSR count). The molecule has 1 atom stereocenters. The van der Waals surface area contributed by atoms with Crippen molar-refractivity contribution in [3.05, 3.63) is 23.8 Å². The number of ether oxygens (including phenoxy) is 1. The van der Waals surface area contributed by atoms with Crippen LogP contribution in [0.1, 0.15) is 25.3 Å². The van der Waals surface area contributed by atoms with E-state index in [1.54, 1.807) is 17.0 Å². The number of amides is 1. The number of hydrogen-bond donors (Lipinski definition) is 0. The largest absolute Gasteiger partial charge is 0.495 e. The van der Waals surface area contributed by atoms with Crippen LogP contribution in [0.4, 0.5) is 5.69 Å². The van der Waals surface area contributed by atoms with E-state index >= 15 is 0 Å². The van der Waals surface area contributed by atoms with Gasteiger partial charge in [0.05, 0.1) is 19.1 Å². The number of nitrogens with zero attached hydrogens (tertiary/aromatic N) is 2. The SMILES string of the molecule is COc1ccc(C)cc1N(CC(=O)N1CCC[C@H](C)C1)S(C)(=O)=O. The number of rotatable bonds is 5. The molecule has 0 saturated carbocycles. The summed E-state index contributed by atoms with van der Waals surface area (Å²) in [4.78, 5) is 14.4. The molecule has 1 aliphatic heterocycles. The highest BCUT2D eigenvalue weighted by Gasteiger charge is 2.28. The number of carbonyl (C=O) groups excluding carboxylic acids is 1. The Morgan fingerprint density at radius 1 is 1.42 bits per heavy atom. The Balaban J connectivity index is 2.30. The molecular formula is C17H26N2O4S. The zero-order valence-electron chi connectivity index (χ0n) is 14.8. The number of carbonyl (C=O) groups is 1. The van der Waals surface area contributed by atoms with Crippen molar-refractivity contribution >= 4 is 21.6 Å². The van der Waals surface area contributed by atoms with Crippen LogP contribution in [0.3, 0.4) is 0 Å². The first-order valence-corrected chi connectivity index (χ1v) is 9.97. The van der Waals surface area contributed by atoms with Crippen molar-refractivity contribution in [1.29, 1.82) is 0 Å². The van der Waals surface area contributed by atoms with Crippen LogP contribution < -0.4 is 9.04 Å². The summed E-state index contributed by atoms with van der Waals surface area (Å²) in [6, 6.07) is 5.29. The van der Waals surface area contributed by atoms with Gasteiger partial charge in [0.25, 0.3) is 0 Å². The lowest BCUT2D eigenvalue weighted by Gasteiger charge is -2.33. The number of hydrogen-bond acceptors (Lipinski definition) is 4. The van der Waals surface area contributed by atoms with Crippen LogP contribution in [-0.4, -0.2) is 52.2 Å². The average molecular weight is 354 g/mol. The van der Waals surface area contributed by atoms with Gasteiger partial charge in [-0.15, -0.1) is 0 Å². The van der Waals surface area contributed by atoms with Crippen molar-refractivity contribution in [3.63, 3.8) is 0 Å². The van der Waals surface area contributed by atoms with Gasteiger partial charge in [-0.2, -0.15) is 0 Å². The summed E-state index contributed by atoms with van der Waals surface area (Å²) < 4.78 is 31.0. The van der Waals surface area contributed by atoms with E-state index in [0.717, 1.165) is 29.0 Å². The molecule has 24 heavy (non-hydrogen) atoms. The number of methoxy groups -OCH3 is 1. The minimum Gasteiger partial charge on any atom is -0.495 e. The Morgan fingerprint density at radius 3 is 2.71 bits per heavy atom. The first-order valence-electron chi connectivity index (χ1n) is 8.12. The third-order valence-corrected chi connectivity index (χ3v) is 5.42. The number of piperidine rings is 1. The number of benzene rings is 1. The number of sulfonamides is 1. The second-order valence-electron chi connectivity index (χ2n) is 6.53. The topological polar surface area (TPSA) is 66.9 Å². The van der Waals surface area contributed by atoms with Crippen LogP contribution in [0.5, 0.6) is 5.75 Å². The van der Waals surface area contributed by atoms with E-state index in [0.29, 0.717) is 30.4 Å². The zero-order chi connectivity index (χ0) is 17.9. The minimum atomic E-state index is -3.61. The monoisotopic (exact) mass is 354 g/mol. The van der Waals surface area contributed by atoms with Gasteiger partial charge in [-0.25, -0.2) is 8.42 Å². The maximum Gasteiger partial charge on any atom is 0.243 e.